The summed E-state index contributed by atoms with van der Waals surface area (Å²) in [6.45, 7) is 0. The molecule has 0 heterocycles. The third-order valence-electron chi connectivity index (χ3n) is 2.40. The second kappa shape index (κ2) is 5.26. The fourth-order valence-electron chi connectivity index (χ4n) is 1.54. The lowest BCUT2D eigenvalue weighted by Crippen LogP contribution is -2.03. The molecule has 0 radical (unpaired) electrons. The minimum Gasteiger partial charge on any atom is -0.478 e. The molecule has 5 heteroatoms. The zero-order chi connectivity index (χ0) is 13.1. The second-order valence-electron chi connectivity index (χ2n) is 3.74. The van der Waals surface area contributed by atoms with Gasteiger partial charge in [0.1, 0.15) is 0 Å². The summed E-state index contributed by atoms with van der Waals surface area (Å²) in [5, 5.41) is 12.2. The zero-order valence-corrected chi connectivity index (χ0v) is 11.5. The Bertz CT molecular complexity index is 582. The Hall–Kier alpha value is -1.76. The van der Waals surface area contributed by atoms with E-state index in [1.54, 1.807) is 12.1 Å². The molecule has 18 heavy (non-hydrogen) atoms. The molecule has 0 atom stereocenters. The van der Waals surface area contributed by atoms with Gasteiger partial charge in [-0.1, -0.05) is 0 Å². The number of benzene rings is 2. The minimum atomic E-state index is -1.00. The monoisotopic (exact) mass is 354 g/mol. The summed E-state index contributed by atoms with van der Waals surface area (Å²) in [5.74, 6) is -1.00. The number of carboxylic acids is 1. The number of carbonyl (C=O) groups is 1. The Kier molecular flexibility index (Phi) is 3.71. The predicted molar refractivity (Wildman–Crippen MR) is 80.3 cm³/mol. The Labute approximate surface area is 118 Å². The second-order valence-corrected chi connectivity index (χ2v) is 4.99. The number of aromatic carboxylic acids is 1. The largest absolute Gasteiger partial charge is 0.478 e. The van der Waals surface area contributed by atoms with Crippen LogP contribution in [0.15, 0.2) is 42.5 Å². The number of nitrogens with two attached hydrogens (primary N) is 1. The fourth-order valence-corrected chi connectivity index (χ4v) is 1.90. The van der Waals surface area contributed by atoms with Gasteiger partial charge in [0.05, 0.1) is 11.3 Å². The van der Waals surface area contributed by atoms with Gasteiger partial charge >= 0.3 is 5.97 Å². The van der Waals surface area contributed by atoms with E-state index in [4.69, 9.17) is 10.8 Å². The molecule has 0 unspecified atom stereocenters. The van der Waals surface area contributed by atoms with Gasteiger partial charge in [-0.15, -0.1) is 0 Å². The van der Waals surface area contributed by atoms with Crippen molar-refractivity contribution in [3.8, 4) is 0 Å². The summed E-state index contributed by atoms with van der Waals surface area (Å²) in [6, 6.07) is 12.4. The minimum absolute atomic E-state index is 0.161. The number of hydrogen-bond donors (Lipinski definition) is 3. The van der Waals surface area contributed by atoms with Crippen LogP contribution in [0.25, 0.3) is 0 Å². The maximum atomic E-state index is 11.1. The molecule has 0 amide bonds. The molecule has 2 aromatic rings. The van der Waals surface area contributed by atoms with E-state index in [0.29, 0.717) is 11.4 Å². The molecule has 0 saturated heterocycles. The summed E-state index contributed by atoms with van der Waals surface area (Å²) in [6.07, 6.45) is 0. The van der Waals surface area contributed by atoms with Crippen molar-refractivity contribution in [2.75, 3.05) is 11.1 Å². The summed E-state index contributed by atoms with van der Waals surface area (Å²) < 4.78 is 1.12. The summed E-state index contributed by atoms with van der Waals surface area (Å²) in [4.78, 5) is 11.1. The maximum Gasteiger partial charge on any atom is 0.337 e. The first-order valence-electron chi connectivity index (χ1n) is 5.21. The van der Waals surface area contributed by atoms with Crippen molar-refractivity contribution >= 4 is 45.6 Å². The quantitative estimate of drug-likeness (QED) is 0.584. The van der Waals surface area contributed by atoms with Crippen LogP contribution in [-0.2, 0) is 0 Å². The average molecular weight is 354 g/mol. The third-order valence-corrected chi connectivity index (χ3v) is 3.12. The molecule has 4 nitrogen and oxygen atoms in total. The molecule has 4 N–H and O–H groups in total. The SMILES string of the molecule is Nc1ccc(Nc2ccc(I)cc2)c(C(=O)O)c1. The highest BCUT2D eigenvalue weighted by Crippen LogP contribution is 2.23. The number of nitrogen functional groups attached to an aromatic ring is 1. The summed E-state index contributed by atoms with van der Waals surface area (Å²) in [5.41, 5.74) is 7.54. The highest BCUT2D eigenvalue weighted by atomic mass is 127. The molecule has 0 fully saturated rings. The van der Waals surface area contributed by atoms with Crippen LogP contribution in [0.4, 0.5) is 17.1 Å². The first-order chi connectivity index (χ1) is 8.56. The van der Waals surface area contributed by atoms with Gasteiger partial charge < -0.3 is 16.2 Å². The van der Waals surface area contributed by atoms with E-state index in [0.717, 1.165) is 9.26 Å². The number of hydrogen-bond acceptors (Lipinski definition) is 3. The molecule has 2 rings (SSSR count). The van der Waals surface area contributed by atoms with E-state index >= 15 is 0 Å². The lowest BCUT2D eigenvalue weighted by atomic mass is 10.1. The molecule has 0 aliphatic rings. The van der Waals surface area contributed by atoms with Crippen molar-refractivity contribution in [3.05, 3.63) is 51.6 Å². The van der Waals surface area contributed by atoms with Crippen molar-refractivity contribution in [2.45, 2.75) is 0 Å². The topological polar surface area (TPSA) is 75.3 Å². The van der Waals surface area contributed by atoms with Crippen molar-refractivity contribution in [1.82, 2.24) is 0 Å². The van der Waals surface area contributed by atoms with Gasteiger partial charge in [-0.05, 0) is 65.1 Å². The lowest BCUT2D eigenvalue weighted by Gasteiger charge is -2.10. The highest BCUT2D eigenvalue weighted by molar-refractivity contribution is 14.1. The molecule has 2 aromatic carbocycles. The Morgan fingerprint density at radius 1 is 1.17 bits per heavy atom. The Morgan fingerprint density at radius 3 is 2.44 bits per heavy atom. The van der Waals surface area contributed by atoms with Crippen molar-refractivity contribution < 1.29 is 9.90 Å². The number of rotatable bonds is 3. The third kappa shape index (κ3) is 2.92. The molecule has 0 aromatic heterocycles. The molecule has 0 aliphatic carbocycles. The standard InChI is InChI=1S/C13H11IN2O2/c14-8-1-4-10(5-2-8)16-12-6-3-9(15)7-11(12)13(17)18/h1-7,16H,15H2,(H,17,18). The van der Waals surface area contributed by atoms with Crippen LogP contribution in [0.1, 0.15) is 10.4 Å². The van der Waals surface area contributed by atoms with Crippen LogP contribution in [0.3, 0.4) is 0 Å². The zero-order valence-electron chi connectivity index (χ0n) is 9.35. The number of carboxylic acid groups (broad SMARTS) is 1. The van der Waals surface area contributed by atoms with E-state index in [1.165, 1.54) is 6.07 Å². The van der Waals surface area contributed by atoms with Gasteiger partial charge in [0.25, 0.3) is 0 Å². The molecule has 0 bridgehead atoms. The van der Waals surface area contributed by atoms with Gasteiger partial charge in [-0.3, -0.25) is 0 Å². The molecule has 92 valence electrons. The van der Waals surface area contributed by atoms with Crippen LogP contribution >= 0.6 is 22.6 Å². The van der Waals surface area contributed by atoms with Crippen LogP contribution in [0.2, 0.25) is 0 Å². The van der Waals surface area contributed by atoms with Crippen LogP contribution in [-0.4, -0.2) is 11.1 Å². The van der Waals surface area contributed by atoms with E-state index < -0.39 is 5.97 Å². The van der Waals surface area contributed by atoms with Gasteiger partial charge in [-0.2, -0.15) is 0 Å². The van der Waals surface area contributed by atoms with Gasteiger partial charge in [0, 0.05) is 14.9 Å². The van der Waals surface area contributed by atoms with Gasteiger partial charge in [0.2, 0.25) is 0 Å². The van der Waals surface area contributed by atoms with E-state index in [2.05, 4.69) is 27.9 Å². The van der Waals surface area contributed by atoms with Crippen molar-refractivity contribution in [3.63, 3.8) is 0 Å². The van der Waals surface area contributed by atoms with E-state index in [9.17, 15) is 4.79 Å². The fraction of sp³-hybridized carbons (Fsp3) is 0. The van der Waals surface area contributed by atoms with Gasteiger partial charge in [-0.25, -0.2) is 4.79 Å². The average Bonchev–Trinajstić information content (AvgIpc) is 2.34. The molecular formula is C13H11IN2O2. The van der Waals surface area contributed by atoms with Crippen molar-refractivity contribution in [2.24, 2.45) is 0 Å². The van der Waals surface area contributed by atoms with Crippen LogP contribution in [0, 0.1) is 3.57 Å². The first kappa shape index (κ1) is 12.7. The molecule has 0 spiro atoms. The first-order valence-corrected chi connectivity index (χ1v) is 6.29. The predicted octanol–water partition coefficient (Wildman–Crippen LogP) is 3.32. The van der Waals surface area contributed by atoms with Gasteiger partial charge in [0.15, 0.2) is 0 Å². The normalized spacial score (nSPS) is 10.1. The Morgan fingerprint density at radius 2 is 1.83 bits per heavy atom. The summed E-state index contributed by atoms with van der Waals surface area (Å²) in [7, 11) is 0. The molecule has 0 aliphatic heterocycles. The van der Waals surface area contributed by atoms with E-state index in [1.807, 2.05) is 24.3 Å². The highest BCUT2D eigenvalue weighted by Gasteiger charge is 2.10. The maximum absolute atomic E-state index is 11.1. The number of nitrogens with one attached hydrogen (secondary N) is 1. The molecule has 0 saturated carbocycles. The lowest BCUT2D eigenvalue weighted by molar-refractivity contribution is 0.0698. The Balaban J connectivity index is 2.34. The van der Waals surface area contributed by atoms with Crippen LogP contribution < -0.4 is 11.1 Å². The molecular weight excluding hydrogens is 343 g/mol. The summed E-state index contributed by atoms with van der Waals surface area (Å²) >= 11 is 2.21. The number of halogens is 1. The van der Waals surface area contributed by atoms with E-state index in [-0.39, 0.29) is 5.56 Å². The van der Waals surface area contributed by atoms with Crippen molar-refractivity contribution in [1.29, 1.82) is 0 Å². The number of anilines is 3. The smallest absolute Gasteiger partial charge is 0.337 e. The van der Waals surface area contributed by atoms with Crippen LogP contribution in [0.5, 0.6) is 0 Å².